The monoisotopic (exact) mass is 326 g/mol. The summed E-state index contributed by atoms with van der Waals surface area (Å²) < 4.78 is 0. The van der Waals surface area contributed by atoms with Crippen LogP contribution in [0.2, 0.25) is 5.02 Å². The Balaban J connectivity index is 1.99. The predicted molar refractivity (Wildman–Crippen MR) is 98.3 cm³/mol. The summed E-state index contributed by atoms with van der Waals surface area (Å²) in [5.74, 6) is 0. The summed E-state index contributed by atoms with van der Waals surface area (Å²) in [6.45, 7) is 3.19. The second-order valence-corrected chi connectivity index (χ2v) is 6.21. The molecule has 1 aromatic carbocycles. The predicted octanol–water partition coefficient (Wildman–Crippen LogP) is 5.77. The second kappa shape index (κ2) is 11.8. The van der Waals surface area contributed by atoms with Crippen LogP contribution in [0.4, 0.5) is 5.69 Å². The number of nitrogens with one attached hydrogen (secondary N) is 2. The fourth-order valence-electron chi connectivity index (χ4n) is 2.20. The van der Waals surface area contributed by atoms with Crippen molar-refractivity contribution < 1.29 is 0 Å². The zero-order valence-corrected chi connectivity index (χ0v) is 14.5. The first-order valence-electron chi connectivity index (χ1n) is 8.03. The van der Waals surface area contributed by atoms with Crippen molar-refractivity contribution in [3.05, 3.63) is 29.3 Å². The summed E-state index contributed by atoms with van der Waals surface area (Å²) in [5.41, 5.74) is 0.927. The minimum absolute atomic E-state index is 0.667. The van der Waals surface area contributed by atoms with Crippen LogP contribution in [0, 0.1) is 0 Å². The van der Waals surface area contributed by atoms with Gasteiger partial charge < -0.3 is 10.6 Å². The number of hydrogen-bond acceptors (Lipinski definition) is 1. The van der Waals surface area contributed by atoms with E-state index in [0.29, 0.717) is 10.1 Å². The number of unbranched alkanes of at least 4 members (excludes halogenated alkanes) is 7. The summed E-state index contributed by atoms with van der Waals surface area (Å²) >= 11 is 11.2. The van der Waals surface area contributed by atoms with Gasteiger partial charge in [-0.3, -0.25) is 0 Å². The number of rotatable bonds is 10. The molecule has 0 aromatic heterocycles. The highest BCUT2D eigenvalue weighted by molar-refractivity contribution is 7.80. The van der Waals surface area contributed by atoms with Crippen molar-refractivity contribution in [1.29, 1.82) is 0 Å². The maximum atomic E-state index is 5.93. The average molecular weight is 327 g/mol. The molecule has 1 rings (SSSR count). The molecule has 2 nitrogen and oxygen atoms in total. The van der Waals surface area contributed by atoms with Crippen molar-refractivity contribution in [2.75, 3.05) is 11.9 Å². The Hall–Kier alpha value is -0.800. The third-order valence-electron chi connectivity index (χ3n) is 3.40. The summed E-state index contributed by atoms with van der Waals surface area (Å²) in [7, 11) is 0. The van der Waals surface area contributed by atoms with Crippen molar-refractivity contribution in [2.24, 2.45) is 0 Å². The molecule has 0 aliphatic carbocycles. The van der Waals surface area contributed by atoms with Gasteiger partial charge >= 0.3 is 0 Å². The van der Waals surface area contributed by atoms with Crippen LogP contribution in [-0.2, 0) is 0 Å². The molecule has 0 bridgehead atoms. The largest absolute Gasteiger partial charge is 0.362 e. The molecule has 0 fully saturated rings. The smallest absolute Gasteiger partial charge is 0.170 e. The van der Waals surface area contributed by atoms with Crippen LogP contribution in [0.5, 0.6) is 0 Å². The lowest BCUT2D eigenvalue weighted by Gasteiger charge is -2.10. The van der Waals surface area contributed by atoms with E-state index in [2.05, 4.69) is 17.6 Å². The Morgan fingerprint density at radius 1 is 1.05 bits per heavy atom. The number of anilines is 1. The third-order valence-corrected chi connectivity index (χ3v) is 3.88. The first-order valence-corrected chi connectivity index (χ1v) is 8.81. The Labute approximate surface area is 139 Å². The second-order valence-electron chi connectivity index (χ2n) is 5.37. The fraction of sp³-hybridized carbons (Fsp3) is 0.588. The zero-order valence-electron chi connectivity index (χ0n) is 13.0. The fourth-order valence-corrected chi connectivity index (χ4v) is 2.61. The molecular weight excluding hydrogens is 300 g/mol. The normalized spacial score (nSPS) is 10.4. The van der Waals surface area contributed by atoms with Crippen LogP contribution in [-0.4, -0.2) is 11.7 Å². The molecule has 118 valence electrons. The molecule has 0 radical (unpaired) electrons. The first-order chi connectivity index (χ1) is 10.2. The lowest BCUT2D eigenvalue weighted by Crippen LogP contribution is -2.29. The van der Waals surface area contributed by atoms with Gasteiger partial charge in [0.1, 0.15) is 0 Å². The minimum Gasteiger partial charge on any atom is -0.362 e. The van der Waals surface area contributed by atoms with E-state index in [4.69, 9.17) is 23.8 Å². The maximum absolute atomic E-state index is 5.93. The van der Waals surface area contributed by atoms with Gasteiger partial charge in [-0.05, 0) is 36.8 Å². The van der Waals surface area contributed by atoms with Gasteiger partial charge in [-0.1, -0.05) is 69.5 Å². The lowest BCUT2D eigenvalue weighted by molar-refractivity contribution is 0.573. The van der Waals surface area contributed by atoms with Crippen LogP contribution in [0.1, 0.15) is 58.3 Å². The van der Waals surface area contributed by atoms with Gasteiger partial charge in [0.05, 0.1) is 0 Å². The van der Waals surface area contributed by atoms with Crippen LogP contribution in [0.3, 0.4) is 0 Å². The quantitative estimate of drug-likeness (QED) is 0.422. The van der Waals surface area contributed by atoms with E-state index in [1.807, 2.05) is 24.3 Å². The SMILES string of the molecule is CCCCCCCCCCNC(=S)Nc1cccc(Cl)c1. The number of hydrogen-bond donors (Lipinski definition) is 2. The van der Waals surface area contributed by atoms with Gasteiger partial charge in [0.15, 0.2) is 5.11 Å². The summed E-state index contributed by atoms with van der Waals surface area (Å²) in [6.07, 6.45) is 10.6. The molecule has 0 saturated carbocycles. The molecule has 0 spiro atoms. The van der Waals surface area contributed by atoms with Crippen molar-refractivity contribution in [3.8, 4) is 0 Å². The van der Waals surface area contributed by atoms with Crippen molar-refractivity contribution in [2.45, 2.75) is 58.3 Å². The molecule has 4 heteroatoms. The average Bonchev–Trinajstić information content (AvgIpc) is 2.45. The van der Waals surface area contributed by atoms with Gasteiger partial charge in [-0.15, -0.1) is 0 Å². The van der Waals surface area contributed by atoms with Crippen LogP contribution < -0.4 is 10.6 Å². The standard InChI is InChI=1S/C17H27ClN2S/c1-2-3-4-5-6-7-8-9-13-19-17(21)20-16-12-10-11-15(18)14-16/h10-12,14H,2-9,13H2,1H3,(H2,19,20,21). The Morgan fingerprint density at radius 2 is 1.71 bits per heavy atom. The number of thiocarbonyl (C=S) groups is 1. The van der Waals surface area contributed by atoms with E-state index in [-0.39, 0.29) is 0 Å². The Morgan fingerprint density at radius 3 is 2.38 bits per heavy atom. The van der Waals surface area contributed by atoms with Crippen LogP contribution in [0.25, 0.3) is 0 Å². The summed E-state index contributed by atoms with van der Waals surface area (Å²) in [6, 6.07) is 7.58. The molecular formula is C17H27ClN2S. The molecule has 21 heavy (non-hydrogen) atoms. The highest BCUT2D eigenvalue weighted by Crippen LogP contribution is 2.14. The van der Waals surface area contributed by atoms with Crippen molar-refractivity contribution >= 4 is 34.6 Å². The zero-order chi connectivity index (χ0) is 15.3. The number of benzene rings is 1. The van der Waals surface area contributed by atoms with Crippen LogP contribution in [0.15, 0.2) is 24.3 Å². The van der Waals surface area contributed by atoms with Crippen molar-refractivity contribution in [1.82, 2.24) is 5.32 Å². The molecule has 2 N–H and O–H groups in total. The molecule has 0 amide bonds. The van der Waals surface area contributed by atoms with Gasteiger partial charge in [0, 0.05) is 17.3 Å². The minimum atomic E-state index is 0.667. The summed E-state index contributed by atoms with van der Waals surface area (Å²) in [4.78, 5) is 0. The highest BCUT2D eigenvalue weighted by Gasteiger charge is 1.98. The summed E-state index contributed by atoms with van der Waals surface area (Å²) in [5, 5.41) is 7.76. The molecule has 0 aliphatic rings. The van der Waals surface area contributed by atoms with Gasteiger partial charge in [-0.2, -0.15) is 0 Å². The van der Waals surface area contributed by atoms with E-state index in [9.17, 15) is 0 Å². The van der Waals surface area contributed by atoms with E-state index >= 15 is 0 Å². The third kappa shape index (κ3) is 9.70. The highest BCUT2D eigenvalue weighted by atomic mass is 35.5. The lowest BCUT2D eigenvalue weighted by atomic mass is 10.1. The molecule has 0 saturated heterocycles. The van der Waals surface area contributed by atoms with E-state index in [1.54, 1.807) is 0 Å². The topological polar surface area (TPSA) is 24.1 Å². The van der Waals surface area contributed by atoms with E-state index in [0.717, 1.165) is 12.2 Å². The Bertz CT molecular complexity index is 410. The molecule has 0 heterocycles. The molecule has 0 aliphatic heterocycles. The first kappa shape index (κ1) is 18.2. The van der Waals surface area contributed by atoms with Crippen molar-refractivity contribution in [3.63, 3.8) is 0 Å². The molecule has 0 unspecified atom stereocenters. The van der Waals surface area contributed by atoms with E-state index < -0.39 is 0 Å². The van der Waals surface area contributed by atoms with E-state index in [1.165, 1.54) is 51.4 Å². The molecule has 1 aromatic rings. The van der Waals surface area contributed by atoms with Gasteiger partial charge in [-0.25, -0.2) is 0 Å². The Kier molecular flexibility index (Phi) is 10.3. The van der Waals surface area contributed by atoms with Gasteiger partial charge in [0.25, 0.3) is 0 Å². The van der Waals surface area contributed by atoms with Gasteiger partial charge in [0.2, 0.25) is 0 Å². The molecule has 0 atom stereocenters. The number of halogens is 1. The van der Waals surface area contributed by atoms with Crippen LogP contribution >= 0.6 is 23.8 Å². The maximum Gasteiger partial charge on any atom is 0.170 e.